The van der Waals surface area contributed by atoms with Gasteiger partial charge in [-0.05, 0) is 113 Å². The molecule has 2 saturated carbocycles. The van der Waals surface area contributed by atoms with Crippen LogP contribution in [0.3, 0.4) is 0 Å². The third kappa shape index (κ3) is 5.54. The normalized spacial score (nSPS) is 25.6. The van der Waals surface area contributed by atoms with Crippen LogP contribution in [-0.4, -0.2) is 66.8 Å². The highest BCUT2D eigenvalue weighted by atomic mass is 19.4. The van der Waals surface area contributed by atoms with Gasteiger partial charge in [0.2, 0.25) is 0 Å². The first kappa shape index (κ1) is 36.9. The highest BCUT2D eigenvalue weighted by Gasteiger charge is 2.59. The van der Waals surface area contributed by atoms with Crippen molar-refractivity contribution in [2.75, 3.05) is 76.6 Å². The molecule has 304 valence electrons. The standard InChI is InChI=1S/C49H47F3N2O5/c1-55-36-12-7-32(8-13-36)48(31-5-10-35(11-6-31)53-17-21-57-22-18-53)16-15-38-45-44(39-27-42(54-19-23-58-24-20-54)43(56-2)28-40(39)46(38)59-48)37-14-9-34(49(50,51)52)26-41(37)47(45)29-30-3-4-33(47)25-30/h5-16,26-28,30,33H,3-4,17-25,29H2,1-2H3. The first-order chi connectivity index (χ1) is 28.7. The van der Waals surface area contributed by atoms with Gasteiger partial charge in [0, 0.05) is 59.4 Å². The topological polar surface area (TPSA) is 52.6 Å². The van der Waals surface area contributed by atoms with Crippen molar-refractivity contribution < 1.29 is 36.9 Å². The van der Waals surface area contributed by atoms with Crippen molar-refractivity contribution in [3.63, 3.8) is 0 Å². The Kier molecular flexibility index (Phi) is 8.54. The molecule has 0 N–H and O–H groups in total. The van der Waals surface area contributed by atoms with E-state index in [0.717, 1.165) is 106 Å². The van der Waals surface area contributed by atoms with Crippen molar-refractivity contribution in [1.29, 1.82) is 0 Å². The molecular formula is C49H47F3N2O5. The number of ether oxygens (including phenoxy) is 5. The van der Waals surface area contributed by atoms with Gasteiger partial charge in [-0.25, -0.2) is 0 Å². The number of fused-ring (bicyclic) bond motifs is 13. The van der Waals surface area contributed by atoms with Crippen LogP contribution in [0.5, 0.6) is 17.2 Å². The third-order valence-electron chi connectivity index (χ3n) is 14.3. The molecule has 3 aliphatic heterocycles. The van der Waals surface area contributed by atoms with Crippen molar-refractivity contribution >= 4 is 28.2 Å². The highest BCUT2D eigenvalue weighted by Crippen LogP contribution is 2.69. The van der Waals surface area contributed by atoms with Crippen molar-refractivity contribution in [1.82, 2.24) is 0 Å². The molecule has 11 rings (SSSR count). The molecular weight excluding hydrogens is 754 g/mol. The van der Waals surface area contributed by atoms with Crippen LogP contribution in [0.25, 0.3) is 28.0 Å². The van der Waals surface area contributed by atoms with Crippen LogP contribution in [0.2, 0.25) is 0 Å². The van der Waals surface area contributed by atoms with Crippen LogP contribution in [0.15, 0.2) is 84.9 Å². The summed E-state index contributed by atoms with van der Waals surface area (Å²) < 4.78 is 74.7. The van der Waals surface area contributed by atoms with Gasteiger partial charge in [-0.2, -0.15) is 13.2 Å². The smallest absolute Gasteiger partial charge is 0.416 e. The number of nitrogens with zero attached hydrogens (tertiary/aromatic N) is 2. The first-order valence-electron chi connectivity index (χ1n) is 20.9. The van der Waals surface area contributed by atoms with Crippen LogP contribution in [0.4, 0.5) is 24.5 Å². The SMILES string of the molecule is COc1ccc(C2(c3ccc(N4CCOCC4)cc3)C=Cc3c4c(c5cc(N6CCOCC6)c(OC)cc5c3O2)-c2ccc(C(F)(F)F)cc2C42CC3CCC2C3)cc1. The van der Waals surface area contributed by atoms with Crippen LogP contribution >= 0.6 is 0 Å². The summed E-state index contributed by atoms with van der Waals surface area (Å²) in [6.45, 7) is 5.65. The van der Waals surface area contributed by atoms with Gasteiger partial charge in [0.25, 0.3) is 0 Å². The maximum atomic E-state index is 14.6. The first-order valence-corrected chi connectivity index (χ1v) is 20.9. The quantitative estimate of drug-likeness (QED) is 0.170. The Labute approximate surface area is 342 Å². The Morgan fingerprint density at radius 2 is 1.44 bits per heavy atom. The number of methoxy groups -OCH3 is 2. The summed E-state index contributed by atoms with van der Waals surface area (Å²) in [5, 5.41) is 1.83. The number of benzene rings is 5. The van der Waals surface area contributed by atoms with Gasteiger partial charge < -0.3 is 33.5 Å². The third-order valence-corrected chi connectivity index (χ3v) is 14.3. The number of morpholine rings is 2. The van der Waals surface area contributed by atoms with E-state index in [4.69, 9.17) is 23.7 Å². The van der Waals surface area contributed by atoms with E-state index in [1.807, 2.05) is 12.1 Å². The molecule has 3 heterocycles. The molecule has 0 radical (unpaired) electrons. The van der Waals surface area contributed by atoms with Gasteiger partial charge >= 0.3 is 6.18 Å². The van der Waals surface area contributed by atoms with Gasteiger partial charge in [0.15, 0.2) is 5.60 Å². The fraction of sp³-hybridized carbons (Fsp3) is 0.388. The zero-order valence-corrected chi connectivity index (χ0v) is 33.4. The summed E-state index contributed by atoms with van der Waals surface area (Å²) in [7, 11) is 3.36. The molecule has 2 bridgehead atoms. The van der Waals surface area contributed by atoms with Gasteiger partial charge in [0.05, 0.1) is 51.9 Å². The number of anilines is 2. The van der Waals surface area contributed by atoms with E-state index in [1.165, 1.54) is 12.1 Å². The molecule has 10 heteroatoms. The molecule has 4 unspecified atom stereocenters. The second-order valence-corrected chi connectivity index (χ2v) is 17.0. The highest BCUT2D eigenvalue weighted by molar-refractivity contribution is 6.10. The van der Waals surface area contributed by atoms with Crippen LogP contribution in [-0.2, 0) is 26.7 Å². The Balaban J connectivity index is 1.19. The maximum absolute atomic E-state index is 14.6. The van der Waals surface area contributed by atoms with Crippen LogP contribution in [0, 0.1) is 11.8 Å². The Hall–Kier alpha value is -5.19. The Morgan fingerprint density at radius 3 is 2.07 bits per heavy atom. The fourth-order valence-electron chi connectivity index (χ4n) is 11.6. The Morgan fingerprint density at radius 1 is 0.746 bits per heavy atom. The summed E-state index contributed by atoms with van der Waals surface area (Å²) in [4.78, 5) is 4.63. The molecule has 59 heavy (non-hydrogen) atoms. The van der Waals surface area contributed by atoms with E-state index in [2.05, 4.69) is 70.5 Å². The molecule has 6 aliphatic rings. The van der Waals surface area contributed by atoms with E-state index in [0.29, 0.717) is 56.9 Å². The predicted molar refractivity (Wildman–Crippen MR) is 223 cm³/mol. The molecule has 0 aromatic heterocycles. The zero-order valence-electron chi connectivity index (χ0n) is 33.4. The molecule has 5 aromatic carbocycles. The minimum Gasteiger partial charge on any atom is -0.497 e. The predicted octanol–water partition coefficient (Wildman–Crippen LogP) is 9.98. The van der Waals surface area contributed by atoms with Gasteiger partial charge in [-0.3, -0.25) is 0 Å². The molecule has 1 spiro atoms. The number of halogens is 3. The molecule has 3 aliphatic carbocycles. The molecule has 5 aromatic rings. The summed E-state index contributed by atoms with van der Waals surface area (Å²) >= 11 is 0. The summed E-state index contributed by atoms with van der Waals surface area (Å²) in [6.07, 6.45) is 3.85. The number of alkyl halides is 3. The summed E-state index contributed by atoms with van der Waals surface area (Å²) in [5.41, 5.74) is 6.53. The van der Waals surface area contributed by atoms with Crippen LogP contribution < -0.4 is 24.0 Å². The molecule has 4 atom stereocenters. The molecule has 7 nitrogen and oxygen atoms in total. The Bertz CT molecular complexity index is 2490. The number of hydrogen-bond acceptors (Lipinski definition) is 7. The lowest BCUT2D eigenvalue weighted by atomic mass is 9.65. The second-order valence-electron chi connectivity index (χ2n) is 17.0. The van der Waals surface area contributed by atoms with Crippen molar-refractivity contribution in [3.8, 4) is 28.4 Å². The average molecular weight is 801 g/mol. The van der Waals surface area contributed by atoms with Gasteiger partial charge in [0.1, 0.15) is 17.2 Å². The van der Waals surface area contributed by atoms with E-state index in [1.54, 1.807) is 20.3 Å². The van der Waals surface area contributed by atoms with Crippen molar-refractivity contribution in [2.24, 2.45) is 11.8 Å². The van der Waals surface area contributed by atoms with Crippen molar-refractivity contribution in [3.05, 3.63) is 118 Å². The number of hydrogen-bond donors (Lipinski definition) is 0. The molecule has 2 saturated heterocycles. The maximum Gasteiger partial charge on any atom is 0.416 e. The van der Waals surface area contributed by atoms with Gasteiger partial charge in [-0.1, -0.05) is 42.8 Å². The molecule has 4 fully saturated rings. The van der Waals surface area contributed by atoms with Gasteiger partial charge in [-0.15, -0.1) is 0 Å². The minimum atomic E-state index is -4.46. The number of rotatable bonds is 6. The molecule has 0 amide bonds. The van der Waals surface area contributed by atoms with E-state index in [9.17, 15) is 13.2 Å². The van der Waals surface area contributed by atoms with Crippen molar-refractivity contribution in [2.45, 2.75) is 42.9 Å². The second kappa shape index (κ2) is 13.7. The van der Waals surface area contributed by atoms with Crippen LogP contribution in [0.1, 0.15) is 59.1 Å². The van der Waals surface area contributed by atoms with E-state index >= 15 is 0 Å². The van der Waals surface area contributed by atoms with E-state index in [-0.39, 0.29) is 5.92 Å². The lowest BCUT2D eigenvalue weighted by Gasteiger charge is -2.41. The zero-order chi connectivity index (χ0) is 40.1. The monoisotopic (exact) mass is 800 g/mol. The summed E-state index contributed by atoms with van der Waals surface area (Å²) in [6, 6.07) is 25.5. The minimum absolute atomic E-state index is 0.226. The largest absolute Gasteiger partial charge is 0.497 e. The average Bonchev–Trinajstić information content (AvgIpc) is 3.98. The lowest BCUT2D eigenvalue weighted by Crippen LogP contribution is -2.37. The fourth-order valence-corrected chi connectivity index (χ4v) is 11.6. The lowest BCUT2D eigenvalue weighted by molar-refractivity contribution is -0.137. The van der Waals surface area contributed by atoms with E-state index < -0.39 is 22.8 Å². The summed E-state index contributed by atoms with van der Waals surface area (Å²) in [5.74, 6) is 2.85.